The van der Waals surface area contributed by atoms with E-state index in [0.29, 0.717) is 48.4 Å². The average Bonchev–Trinajstić information content (AvgIpc) is 3.47. The summed E-state index contributed by atoms with van der Waals surface area (Å²) in [6, 6.07) is 18.0. The van der Waals surface area contributed by atoms with Crippen LogP contribution in [0.15, 0.2) is 82.7 Å². The number of ether oxygens (including phenoxy) is 1. The predicted molar refractivity (Wildman–Crippen MR) is 158 cm³/mol. The summed E-state index contributed by atoms with van der Waals surface area (Å²) in [7, 11) is 1.47. The third-order valence-corrected chi connectivity index (χ3v) is 7.13. The molecule has 2 aromatic heterocycles. The van der Waals surface area contributed by atoms with Crippen LogP contribution in [-0.2, 0) is 11.4 Å². The Morgan fingerprint density at radius 2 is 1.85 bits per heavy atom. The Kier molecular flexibility index (Phi) is 8.31. The van der Waals surface area contributed by atoms with E-state index in [1.807, 2.05) is 42.5 Å². The highest BCUT2D eigenvalue weighted by molar-refractivity contribution is 6.45. The summed E-state index contributed by atoms with van der Waals surface area (Å²) in [6.45, 7) is 0.774. The van der Waals surface area contributed by atoms with Gasteiger partial charge in [0.15, 0.2) is 5.82 Å². The van der Waals surface area contributed by atoms with E-state index in [0.717, 1.165) is 22.3 Å². The van der Waals surface area contributed by atoms with Crippen molar-refractivity contribution in [1.29, 1.82) is 0 Å². The van der Waals surface area contributed by atoms with E-state index in [-0.39, 0.29) is 12.2 Å². The van der Waals surface area contributed by atoms with E-state index >= 15 is 0 Å². The number of carbonyl (C=O) groups excluding carboxylic acids is 2. The molecule has 10 heteroatoms. The molecule has 208 valence electrons. The number of rotatable bonds is 8. The maximum absolute atomic E-state index is 13.5. The number of nitrogens with one attached hydrogen (secondary N) is 1. The Labute approximate surface area is 236 Å². The molecular formula is C31H30N6O4. The van der Waals surface area contributed by atoms with Crippen LogP contribution >= 0.6 is 0 Å². The molecule has 2 aromatic carbocycles. The molecule has 0 bridgehead atoms. The second-order valence-electron chi connectivity index (χ2n) is 9.50. The summed E-state index contributed by atoms with van der Waals surface area (Å²) >= 11 is 0. The van der Waals surface area contributed by atoms with Crippen LogP contribution in [0, 0.1) is 0 Å². The van der Waals surface area contributed by atoms with Crippen LogP contribution < -0.4 is 10.6 Å². The summed E-state index contributed by atoms with van der Waals surface area (Å²) < 4.78 is 5.44. The van der Waals surface area contributed by atoms with Gasteiger partial charge in [0.1, 0.15) is 5.75 Å². The van der Waals surface area contributed by atoms with Crippen molar-refractivity contribution in [2.75, 3.05) is 20.2 Å². The number of carbonyl (C=O) groups is 2. The first-order chi connectivity index (χ1) is 20.0. The number of pyridine rings is 1. The van der Waals surface area contributed by atoms with Crippen LogP contribution in [0.1, 0.15) is 39.9 Å². The smallest absolute Gasteiger partial charge is 0.295 e. The summed E-state index contributed by atoms with van der Waals surface area (Å²) in [5, 5.41) is 13.5. The van der Waals surface area contributed by atoms with Gasteiger partial charge in [-0.05, 0) is 41.2 Å². The molecule has 0 aliphatic carbocycles. The number of methoxy groups -OCH3 is 1. The number of nitrogens with two attached hydrogens (primary N) is 1. The number of likely N-dealkylation sites (tertiary alicyclic amines) is 1. The zero-order valence-electron chi connectivity index (χ0n) is 22.6. The highest BCUT2D eigenvalue weighted by Gasteiger charge is 2.30. The van der Waals surface area contributed by atoms with Crippen molar-refractivity contribution in [3.63, 3.8) is 0 Å². The van der Waals surface area contributed by atoms with Gasteiger partial charge < -0.3 is 25.6 Å². The van der Waals surface area contributed by atoms with Gasteiger partial charge in [0.25, 0.3) is 11.7 Å². The summed E-state index contributed by atoms with van der Waals surface area (Å²) in [5.41, 5.74) is 5.88. The van der Waals surface area contributed by atoms with Crippen molar-refractivity contribution >= 4 is 46.4 Å². The number of hydrazone groups is 1. The first-order valence-corrected chi connectivity index (χ1v) is 13.2. The molecule has 0 spiro atoms. The van der Waals surface area contributed by atoms with Crippen LogP contribution in [0.3, 0.4) is 0 Å². The molecule has 3 heterocycles. The van der Waals surface area contributed by atoms with Crippen molar-refractivity contribution in [3.8, 4) is 5.75 Å². The molecule has 1 aliphatic rings. The Morgan fingerprint density at radius 3 is 2.56 bits per heavy atom. The van der Waals surface area contributed by atoms with Gasteiger partial charge in [-0.2, -0.15) is 5.10 Å². The third kappa shape index (κ3) is 5.64. The van der Waals surface area contributed by atoms with Crippen molar-refractivity contribution in [3.05, 3.63) is 94.8 Å². The van der Waals surface area contributed by atoms with E-state index in [4.69, 9.17) is 10.6 Å². The van der Waals surface area contributed by atoms with Crippen molar-refractivity contribution < 1.29 is 19.4 Å². The molecule has 1 saturated heterocycles. The van der Waals surface area contributed by atoms with Gasteiger partial charge in [0.05, 0.1) is 42.6 Å². The molecule has 0 radical (unpaired) electrons. The first kappa shape index (κ1) is 27.5. The minimum atomic E-state index is -0.634. The molecule has 1 aliphatic heterocycles. The summed E-state index contributed by atoms with van der Waals surface area (Å²) in [5.74, 6) is 4.57. The minimum Gasteiger partial charge on any atom is -0.494 e. The van der Waals surface area contributed by atoms with Gasteiger partial charge in [-0.1, -0.05) is 54.1 Å². The van der Waals surface area contributed by atoms with E-state index in [2.05, 4.69) is 32.2 Å². The maximum Gasteiger partial charge on any atom is 0.295 e. The molecule has 4 N–H and O–H groups in total. The van der Waals surface area contributed by atoms with Crippen molar-refractivity contribution in [2.45, 2.75) is 19.4 Å². The van der Waals surface area contributed by atoms with Crippen LogP contribution in [0.5, 0.6) is 5.75 Å². The number of fused-ring (bicyclic) bond motifs is 1. The number of nitrogens with zero attached hydrogens (tertiary/aromatic N) is 4. The van der Waals surface area contributed by atoms with Gasteiger partial charge in [0.2, 0.25) is 0 Å². The molecule has 4 aromatic rings. The molecular weight excluding hydrogens is 520 g/mol. The number of piperidine rings is 1. The number of ketones is 1. The Morgan fingerprint density at radius 1 is 1.10 bits per heavy atom. The first-order valence-electron chi connectivity index (χ1n) is 13.2. The SMILES string of the molecule is COc1cnc(N=CC=NN)c2[nH]cc(C(=O)C(=O)N3CCC(=C(c4ccccc4)c4cccc(CO)c4)CC3)c12. The lowest BCUT2D eigenvalue weighted by Crippen LogP contribution is -2.40. The summed E-state index contributed by atoms with van der Waals surface area (Å²) in [6.07, 6.45) is 6.87. The fraction of sp³-hybridized carbons (Fsp3) is 0.194. The number of aliphatic imine (C=N–C) groups is 1. The Balaban J connectivity index is 1.42. The number of Topliss-reactive ketones (excluding diaryl/α,β-unsaturated/α-hetero) is 1. The standard InChI is InChI=1S/C31H30N6O4/c1-41-25-18-35-30(33-12-13-36-32)28-27(25)24(17-34-28)29(39)31(40)37-14-10-22(11-15-37)26(21-7-3-2-4-8-21)23-9-5-6-20(16-23)19-38/h2-9,12-13,16-18,34,38H,10-11,14-15,19,32H2,1H3. The van der Waals surface area contributed by atoms with Gasteiger partial charge in [-0.15, -0.1) is 0 Å². The molecule has 0 unspecified atom stereocenters. The molecule has 1 fully saturated rings. The van der Waals surface area contributed by atoms with Crippen molar-refractivity contribution in [2.24, 2.45) is 15.9 Å². The number of benzene rings is 2. The van der Waals surface area contributed by atoms with Crippen molar-refractivity contribution in [1.82, 2.24) is 14.9 Å². The molecule has 10 nitrogen and oxygen atoms in total. The fourth-order valence-electron chi connectivity index (χ4n) is 5.17. The van der Waals surface area contributed by atoms with E-state index in [1.165, 1.54) is 37.5 Å². The van der Waals surface area contributed by atoms with E-state index in [9.17, 15) is 14.7 Å². The Bertz CT molecular complexity index is 1660. The number of H-pyrrole nitrogens is 1. The summed E-state index contributed by atoms with van der Waals surface area (Å²) in [4.78, 5) is 40.0. The zero-order chi connectivity index (χ0) is 28.8. The molecule has 0 saturated carbocycles. The lowest BCUT2D eigenvalue weighted by Gasteiger charge is -2.30. The second kappa shape index (κ2) is 12.4. The van der Waals surface area contributed by atoms with E-state index in [1.54, 1.807) is 4.90 Å². The van der Waals surface area contributed by atoms with Gasteiger partial charge in [-0.3, -0.25) is 9.59 Å². The number of amides is 1. The van der Waals surface area contributed by atoms with Crippen LogP contribution in [-0.4, -0.2) is 64.3 Å². The zero-order valence-corrected chi connectivity index (χ0v) is 22.6. The highest BCUT2D eigenvalue weighted by Crippen LogP contribution is 2.35. The predicted octanol–water partition coefficient (Wildman–Crippen LogP) is 4.02. The number of aromatic amines is 1. The number of aliphatic hydroxyl groups excluding tert-OH is 1. The molecule has 1 amide bonds. The van der Waals surface area contributed by atoms with Gasteiger partial charge >= 0.3 is 0 Å². The lowest BCUT2D eigenvalue weighted by molar-refractivity contribution is -0.126. The van der Waals surface area contributed by atoms with Gasteiger partial charge in [0, 0.05) is 25.5 Å². The number of aliphatic hydroxyl groups is 1. The number of hydrogen-bond acceptors (Lipinski definition) is 8. The third-order valence-electron chi connectivity index (χ3n) is 7.13. The number of aromatic nitrogens is 2. The van der Waals surface area contributed by atoms with Crippen LogP contribution in [0.4, 0.5) is 5.82 Å². The number of hydrogen-bond donors (Lipinski definition) is 3. The topological polar surface area (TPSA) is 146 Å². The monoisotopic (exact) mass is 550 g/mol. The average molecular weight is 551 g/mol. The second-order valence-corrected chi connectivity index (χ2v) is 9.50. The minimum absolute atomic E-state index is 0.0415. The largest absolute Gasteiger partial charge is 0.494 e. The maximum atomic E-state index is 13.5. The van der Waals surface area contributed by atoms with Crippen LogP contribution in [0.25, 0.3) is 16.5 Å². The molecule has 0 atom stereocenters. The molecule has 5 rings (SSSR count). The fourth-order valence-corrected chi connectivity index (χ4v) is 5.17. The van der Waals surface area contributed by atoms with E-state index < -0.39 is 11.7 Å². The lowest BCUT2D eigenvalue weighted by atomic mass is 9.87. The highest BCUT2D eigenvalue weighted by atomic mass is 16.5. The Hall–Kier alpha value is -5.09. The molecule has 41 heavy (non-hydrogen) atoms. The van der Waals surface area contributed by atoms with Crippen LogP contribution in [0.2, 0.25) is 0 Å². The quantitative estimate of drug-likeness (QED) is 0.0993. The van der Waals surface area contributed by atoms with Gasteiger partial charge in [-0.25, -0.2) is 9.98 Å². The normalized spacial score (nSPS) is 13.8.